The van der Waals surface area contributed by atoms with E-state index in [0.717, 1.165) is 25.3 Å². The van der Waals surface area contributed by atoms with Crippen LogP contribution in [0, 0.1) is 5.92 Å². The van der Waals surface area contributed by atoms with Gasteiger partial charge in [0.1, 0.15) is 4.91 Å². The molecule has 0 bridgehead atoms. The van der Waals surface area contributed by atoms with E-state index in [1.807, 2.05) is 0 Å². The molecule has 5 nitrogen and oxygen atoms in total. The molecule has 21 heavy (non-hydrogen) atoms. The van der Waals surface area contributed by atoms with E-state index in [4.69, 9.17) is 0 Å². The molecule has 0 aromatic heterocycles. The van der Waals surface area contributed by atoms with Gasteiger partial charge in [-0.25, -0.2) is 0 Å². The van der Waals surface area contributed by atoms with Crippen LogP contribution in [0.25, 0.3) is 0 Å². The summed E-state index contributed by atoms with van der Waals surface area (Å²) in [4.78, 5) is 22.6. The van der Waals surface area contributed by atoms with E-state index in [0.29, 0.717) is 12.3 Å². The third kappa shape index (κ3) is 6.25. The van der Waals surface area contributed by atoms with Crippen molar-refractivity contribution in [2.75, 3.05) is 0 Å². The minimum Gasteiger partial charge on any atom is -0.342 e. The van der Waals surface area contributed by atoms with Crippen LogP contribution in [0.1, 0.15) is 52.4 Å². The molecular formula is C15H22O5S. The lowest BCUT2D eigenvalue weighted by molar-refractivity contribution is -0.133. The third-order valence-corrected chi connectivity index (χ3v) is 4.40. The average molecular weight is 314 g/mol. The van der Waals surface area contributed by atoms with Crippen LogP contribution in [0.2, 0.25) is 0 Å². The van der Waals surface area contributed by atoms with Crippen LogP contribution in [0.5, 0.6) is 0 Å². The SMILES string of the molecule is CC(C)CCCCCC(=O)OS(=O)(=O)C1=CC=CCC1=O. The Hall–Kier alpha value is -1.43. The number of hydrogen-bond donors (Lipinski definition) is 0. The van der Waals surface area contributed by atoms with E-state index < -0.39 is 26.8 Å². The molecule has 0 saturated carbocycles. The summed E-state index contributed by atoms with van der Waals surface area (Å²) in [6.07, 6.45) is 7.79. The van der Waals surface area contributed by atoms with E-state index in [1.54, 1.807) is 6.08 Å². The number of carbonyl (C=O) groups is 2. The van der Waals surface area contributed by atoms with Crippen molar-refractivity contribution in [3.8, 4) is 0 Å². The van der Waals surface area contributed by atoms with Gasteiger partial charge in [-0.3, -0.25) is 9.59 Å². The van der Waals surface area contributed by atoms with E-state index in [1.165, 1.54) is 6.08 Å². The minimum absolute atomic E-state index is 0.0117. The molecule has 0 atom stereocenters. The molecule has 0 amide bonds. The van der Waals surface area contributed by atoms with Crippen molar-refractivity contribution in [1.82, 2.24) is 0 Å². The molecule has 0 radical (unpaired) electrons. The van der Waals surface area contributed by atoms with Crippen LogP contribution < -0.4 is 0 Å². The molecule has 0 fully saturated rings. The van der Waals surface area contributed by atoms with Gasteiger partial charge in [-0.2, -0.15) is 8.42 Å². The van der Waals surface area contributed by atoms with Crippen molar-refractivity contribution >= 4 is 21.9 Å². The van der Waals surface area contributed by atoms with Gasteiger partial charge in [0.25, 0.3) is 0 Å². The molecule has 0 heterocycles. The highest BCUT2D eigenvalue weighted by Gasteiger charge is 2.28. The number of Topliss-reactive ketones (excluding diaryl/α,β-unsaturated/α-hetero) is 1. The average Bonchev–Trinajstić information content (AvgIpc) is 2.37. The van der Waals surface area contributed by atoms with Gasteiger partial charge in [0, 0.05) is 12.8 Å². The van der Waals surface area contributed by atoms with E-state index in [2.05, 4.69) is 18.0 Å². The Bertz CT molecular complexity index is 540. The molecule has 0 aromatic carbocycles. The highest BCUT2D eigenvalue weighted by atomic mass is 32.2. The molecule has 6 heteroatoms. The van der Waals surface area contributed by atoms with Crippen molar-refractivity contribution in [3.63, 3.8) is 0 Å². The standard InChI is InChI=1S/C15H22O5S/c1-12(2)8-4-3-5-11-15(17)20-21(18,19)14-10-7-6-9-13(14)16/h6-7,10,12H,3-5,8-9,11H2,1-2H3. The van der Waals surface area contributed by atoms with Crippen LogP contribution in [0.3, 0.4) is 0 Å². The van der Waals surface area contributed by atoms with Gasteiger partial charge in [-0.15, -0.1) is 0 Å². The summed E-state index contributed by atoms with van der Waals surface area (Å²) >= 11 is 0. The highest BCUT2D eigenvalue weighted by molar-refractivity contribution is 7.92. The first-order valence-electron chi connectivity index (χ1n) is 7.20. The summed E-state index contributed by atoms with van der Waals surface area (Å²) in [5.74, 6) is -0.736. The van der Waals surface area contributed by atoms with Crippen molar-refractivity contribution in [2.24, 2.45) is 5.92 Å². The first kappa shape index (κ1) is 17.6. The fraction of sp³-hybridized carbons (Fsp3) is 0.600. The Morgan fingerprint density at radius 1 is 1.29 bits per heavy atom. The lowest BCUT2D eigenvalue weighted by Gasteiger charge is -2.09. The predicted octanol–water partition coefficient (Wildman–Crippen LogP) is 2.88. The van der Waals surface area contributed by atoms with Gasteiger partial charge >= 0.3 is 16.1 Å². The number of rotatable bonds is 8. The quantitative estimate of drug-likeness (QED) is 0.508. The van der Waals surface area contributed by atoms with Crippen LogP contribution in [-0.2, 0) is 23.9 Å². The Balaban J connectivity index is 2.41. The Morgan fingerprint density at radius 3 is 2.62 bits per heavy atom. The summed E-state index contributed by atoms with van der Waals surface area (Å²) in [6.45, 7) is 4.26. The molecule has 118 valence electrons. The largest absolute Gasteiger partial charge is 0.345 e. The molecule has 0 N–H and O–H groups in total. The summed E-state index contributed by atoms with van der Waals surface area (Å²) in [7, 11) is -4.28. The van der Waals surface area contributed by atoms with Crippen molar-refractivity contribution in [1.29, 1.82) is 0 Å². The summed E-state index contributed by atoms with van der Waals surface area (Å²) in [5.41, 5.74) is 0. The Labute approximate surface area is 126 Å². The molecule has 1 aliphatic carbocycles. The molecule has 0 unspecified atom stereocenters. The van der Waals surface area contributed by atoms with Crippen LogP contribution >= 0.6 is 0 Å². The van der Waals surface area contributed by atoms with Crippen LogP contribution in [0.4, 0.5) is 0 Å². The monoisotopic (exact) mass is 314 g/mol. The highest BCUT2D eigenvalue weighted by Crippen LogP contribution is 2.18. The van der Waals surface area contributed by atoms with Crippen molar-refractivity contribution in [2.45, 2.75) is 52.4 Å². The van der Waals surface area contributed by atoms with Gasteiger partial charge in [0.05, 0.1) is 0 Å². The Morgan fingerprint density at radius 2 is 2.00 bits per heavy atom. The zero-order valence-electron chi connectivity index (χ0n) is 12.5. The first-order valence-corrected chi connectivity index (χ1v) is 8.61. The van der Waals surface area contributed by atoms with Gasteiger partial charge in [0.15, 0.2) is 5.78 Å². The van der Waals surface area contributed by atoms with Crippen molar-refractivity contribution in [3.05, 3.63) is 23.1 Å². The molecule has 0 aromatic rings. The smallest absolute Gasteiger partial charge is 0.342 e. The van der Waals surface area contributed by atoms with Gasteiger partial charge in [0.2, 0.25) is 0 Å². The zero-order chi connectivity index (χ0) is 15.9. The van der Waals surface area contributed by atoms with Crippen molar-refractivity contribution < 1.29 is 22.2 Å². The van der Waals surface area contributed by atoms with Gasteiger partial charge in [-0.1, -0.05) is 45.3 Å². The summed E-state index contributed by atoms with van der Waals surface area (Å²) < 4.78 is 28.1. The lowest BCUT2D eigenvalue weighted by Crippen LogP contribution is -2.20. The normalized spacial score (nSPS) is 15.2. The number of ketones is 1. The lowest BCUT2D eigenvalue weighted by atomic mass is 10.0. The topological polar surface area (TPSA) is 77.5 Å². The van der Waals surface area contributed by atoms with E-state index >= 15 is 0 Å². The minimum atomic E-state index is -4.28. The van der Waals surface area contributed by atoms with Gasteiger partial charge in [-0.05, 0) is 18.4 Å². The second-order valence-corrected chi connectivity index (χ2v) is 7.00. The molecule has 1 rings (SSSR count). The maximum atomic E-state index is 11.8. The fourth-order valence-corrected chi connectivity index (χ4v) is 2.98. The molecule has 0 aliphatic heterocycles. The number of unbranched alkanes of at least 4 members (excludes halogenated alkanes) is 2. The maximum absolute atomic E-state index is 11.8. The third-order valence-electron chi connectivity index (χ3n) is 3.10. The number of carbonyl (C=O) groups excluding carboxylic acids is 2. The predicted molar refractivity (Wildman–Crippen MR) is 79.8 cm³/mol. The Kier molecular flexibility index (Phi) is 6.81. The van der Waals surface area contributed by atoms with Crippen LogP contribution in [0.15, 0.2) is 23.1 Å². The van der Waals surface area contributed by atoms with Crippen LogP contribution in [-0.4, -0.2) is 20.2 Å². The number of hydrogen-bond acceptors (Lipinski definition) is 5. The second kappa shape index (κ2) is 8.12. The molecule has 0 saturated heterocycles. The maximum Gasteiger partial charge on any atom is 0.345 e. The molecular weight excluding hydrogens is 292 g/mol. The first-order chi connectivity index (χ1) is 9.83. The van der Waals surface area contributed by atoms with E-state index in [-0.39, 0.29) is 12.8 Å². The molecule has 0 spiro atoms. The van der Waals surface area contributed by atoms with E-state index in [9.17, 15) is 18.0 Å². The van der Waals surface area contributed by atoms with Gasteiger partial charge < -0.3 is 4.18 Å². The summed E-state index contributed by atoms with van der Waals surface area (Å²) in [6, 6.07) is 0. The summed E-state index contributed by atoms with van der Waals surface area (Å²) in [5, 5.41) is 0. The zero-order valence-corrected chi connectivity index (χ0v) is 13.3. The number of allylic oxidation sites excluding steroid dienone is 4. The fourth-order valence-electron chi connectivity index (χ4n) is 1.95. The second-order valence-electron chi connectivity index (χ2n) is 5.49. The molecule has 1 aliphatic rings.